The third-order valence-electron chi connectivity index (χ3n) is 4.33. The van der Waals surface area contributed by atoms with Gasteiger partial charge in [-0.15, -0.1) is 0 Å². The quantitative estimate of drug-likeness (QED) is 0.871. The highest BCUT2D eigenvalue weighted by Gasteiger charge is 2.25. The Morgan fingerprint density at radius 3 is 2.75 bits per heavy atom. The van der Waals surface area contributed by atoms with E-state index in [2.05, 4.69) is 38.9 Å². The van der Waals surface area contributed by atoms with Crippen LogP contribution in [-0.2, 0) is 16.4 Å². The first-order valence-electron chi connectivity index (χ1n) is 8.32. The van der Waals surface area contributed by atoms with Crippen LogP contribution in [0.25, 0.3) is 0 Å². The zero-order chi connectivity index (χ0) is 16.8. The number of likely N-dealkylation sites (tertiary alicyclic amines) is 1. The van der Waals surface area contributed by atoms with Gasteiger partial charge in [-0.3, -0.25) is 4.98 Å². The van der Waals surface area contributed by atoms with E-state index < -0.39 is 10.0 Å². The summed E-state index contributed by atoms with van der Waals surface area (Å²) < 4.78 is 27.7. The summed E-state index contributed by atoms with van der Waals surface area (Å²) in [5, 5.41) is 0. The van der Waals surface area contributed by atoms with Gasteiger partial charge in [-0.25, -0.2) is 13.1 Å². The van der Waals surface area contributed by atoms with Crippen molar-refractivity contribution in [1.29, 1.82) is 0 Å². The average molecular weight is 345 g/mol. The molecule has 1 aromatic carbocycles. The molecule has 1 saturated heterocycles. The predicted octanol–water partition coefficient (Wildman–Crippen LogP) is 2.07. The number of nitrogens with zero attached hydrogens (tertiary/aromatic N) is 2. The molecule has 0 radical (unpaired) electrons. The molecule has 24 heavy (non-hydrogen) atoms. The van der Waals surface area contributed by atoms with Gasteiger partial charge < -0.3 is 4.90 Å². The Labute approximate surface area is 143 Å². The third-order valence-corrected chi connectivity index (χ3v) is 5.84. The fourth-order valence-corrected chi connectivity index (χ4v) is 4.30. The number of benzene rings is 1. The SMILES string of the molecule is O=S(=O)(NC1CCCN(CCc2ccccc2)C1)c1cccnc1. The lowest BCUT2D eigenvalue weighted by molar-refractivity contribution is 0.204. The summed E-state index contributed by atoms with van der Waals surface area (Å²) in [5.74, 6) is 0. The molecule has 0 aliphatic carbocycles. The number of sulfonamides is 1. The van der Waals surface area contributed by atoms with Gasteiger partial charge in [0.25, 0.3) is 0 Å². The Morgan fingerprint density at radius 1 is 1.17 bits per heavy atom. The molecule has 1 unspecified atom stereocenters. The van der Waals surface area contributed by atoms with Crippen molar-refractivity contribution in [1.82, 2.24) is 14.6 Å². The van der Waals surface area contributed by atoms with E-state index in [9.17, 15) is 8.42 Å². The molecule has 3 rings (SSSR count). The molecule has 2 aromatic rings. The van der Waals surface area contributed by atoms with Crippen LogP contribution in [0.5, 0.6) is 0 Å². The molecule has 0 spiro atoms. The highest BCUT2D eigenvalue weighted by atomic mass is 32.2. The summed E-state index contributed by atoms with van der Waals surface area (Å²) >= 11 is 0. The molecule has 1 aromatic heterocycles. The zero-order valence-corrected chi connectivity index (χ0v) is 14.5. The van der Waals surface area contributed by atoms with E-state index in [1.807, 2.05) is 6.07 Å². The summed E-state index contributed by atoms with van der Waals surface area (Å²) in [4.78, 5) is 6.46. The van der Waals surface area contributed by atoms with Gasteiger partial charge in [0.05, 0.1) is 0 Å². The maximum absolute atomic E-state index is 12.4. The predicted molar refractivity (Wildman–Crippen MR) is 94.2 cm³/mol. The first kappa shape index (κ1) is 17.1. The van der Waals surface area contributed by atoms with E-state index in [1.54, 1.807) is 18.3 Å². The number of pyridine rings is 1. The van der Waals surface area contributed by atoms with Crippen molar-refractivity contribution >= 4 is 10.0 Å². The molecular weight excluding hydrogens is 322 g/mol. The number of rotatable bonds is 6. The van der Waals surface area contributed by atoms with Gasteiger partial charge in [0, 0.05) is 31.5 Å². The minimum absolute atomic E-state index is 0.0419. The Balaban J connectivity index is 1.56. The molecule has 6 heteroatoms. The highest BCUT2D eigenvalue weighted by molar-refractivity contribution is 7.89. The van der Waals surface area contributed by atoms with Crippen LogP contribution in [-0.4, -0.2) is 44.0 Å². The number of hydrogen-bond donors (Lipinski definition) is 1. The molecule has 1 fully saturated rings. The molecule has 1 aliphatic rings. The number of nitrogens with one attached hydrogen (secondary N) is 1. The molecule has 1 aliphatic heterocycles. The van der Waals surface area contributed by atoms with Gasteiger partial charge in [0.1, 0.15) is 4.90 Å². The van der Waals surface area contributed by atoms with Gasteiger partial charge >= 0.3 is 0 Å². The minimum atomic E-state index is -3.49. The zero-order valence-electron chi connectivity index (χ0n) is 13.6. The number of piperidine rings is 1. The van der Waals surface area contributed by atoms with E-state index in [-0.39, 0.29) is 10.9 Å². The first-order chi connectivity index (χ1) is 11.6. The van der Waals surface area contributed by atoms with Crippen molar-refractivity contribution < 1.29 is 8.42 Å². The molecule has 0 bridgehead atoms. The third kappa shape index (κ3) is 4.63. The fraction of sp³-hybridized carbons (Fsp3) is 0.389. The van der Waals surface area contributed by atoms with Crippen LogP contribution in [0.1, 0.15) is 18.4 Å². The van der Waals surface area contributed by atoms with Crippen molar-refractivity contribution in [3.63, 3.8) is 0 Å². The Hall–Kier alpha value is -1.76. The second kappa shape index (κ2) is 7.88. The summed E-state index contributed by atoms with van der Waals surface area (Å²) in [6, 6.07) is 13.6. The molecular formula is C18H23N3O2S. The van der Waals surface area contributed by atoms with Gasteiger partial charge in [-0.1, -0.05) is 30.3 Å². The molecule has 1 N–H and O–H groups in total. The van der Waals surface area contributed by atoms with Crippen LogP contribution in [0.15, 0.2) is 59.8 Å². The lowest BCUT2D eigenvalue weighted by atomic mass is 10.1. The van der Waals surface area contributed by atoms with Gasteiger partial charge in [0.15, 0.2) is 0 Å². The molecule has 0 amide bonds. The van der Waals surface area contributed by atoms with Gasteiger partial charge in [-0.05, 0) is 43.5 Å². The van der Waals surface area contributed by atoms with Crippen LogP contribution in [0.4, 0.5) is 0 Å². The normalized spacial score (nSPS) is 19.2. The highest BCUT2D eigenvalue weighted by Crippen LogP contribution is 2.14. The van der Waals surface area contributed by atoms with E-state index in [4.69, 9.17) is 0 Å². The summed E-state index contributed by atoms with van der Waals surface area (Å²) in [7, 11) is -3.49. The lowest BCUT2D eigenvalue weighted by Gasteiger charge is -2.33. The molecule has 128 valence electrons. The Kier molecular flexibility index (Phi) is 5.60. The van der Waals surface area contributed by atoms with Crippen molar-refractivity contribution in [3.05, 3.63) is 60.4 Å². The Morgan fingerprint density at radius 2 is 2.00 bits per heavy atom. The second-order valence-corrected chi connectivity index (χ2v) is 7.90. The summed E-state index contributed by atoms with van der Waals surface area (Å²) in [6.07, 6.45) is 5.84. The van der Waals surface area contributed by atoms with Crippen LogP contribution in [0.2, 0.25) is 0 Å². The maximum Gasteiger partial charge on any atom is 0.242 e. The minimum Gasteiger partial charge on any atom is -0.301 e. The van der Waals surface area contributed by atoms with Crippen LogP contribution < -0.4 is 4.72 Å². The van der Waals surface area contributed by atoms with Gasteiger partial charge in [0.2, 0.25) is 10.0 Å². The van der Waals surface area contributed by atoms with E-state index >= 15 is 0 Å². The number of aromatic nitrogens is 1. The van der Waals surface area contributed by atoms with E-state index in [0.717, 1.165) is 38.9 Å². The molecule has 2 heterocycles. The number of hydrogen-bond acceptors (Lipinski definition) is 4. The molecule has 5 nitrogen and oxygen atoms in total. The van der Waals surface area contributed by atoms with E-state index in [1.165, 1.54) is 11.8 Å². The standard InChI is InChI=1S/C18H23N3O2S/c22-24(23,18-9-4-11-19-14-18)20-17-8-5-12-21(15-17)13-10-16-6-2-1-3-7-16/h1-4,6-7,9,11,14,17,20H,5,8,10,12-13,15H2. The molecule has 0 saturated carbocycles. The fourth-order valence-electron chi connectivity index (χ4n) is 3.08. The lowest BCUT2D eigenvalue weighted by Crippen LogP contribution is -2.48. The first-order valence-corrected chi connectivity index (χ1v) is 9.80. The largest absolute Gasteiger partial charge is 0.301 e. The topological polar surface area (TPSA) is 62.3 Å². The van der Waals surface area contributed by atoms with Crippen molar-refractivity contribution in [3.8, 4) is 0 Å². The van der Waals surface area contributed by atoms with Crippen LogP contribution in [0, 0.1) is 0 Å². The Bertz CT molecular complexity index is 735. The van der Waals surface area contributed by atoms with Crippen LogP contribution >= 0.6 is 0 Å². The maximum atomic E-state index is 12.4. The van der Waals surface area contributed by atoms with Crippen molar-refractivity contribution in [2.75, 3.05) is 19.6 Å². The molecule has 1 atom stereocenters. The summed E-state index contributed by atoms with van der Waals surface area (Å²) in [5.41, 5.74) is 1.32. The van der Waals surface area contributed by atoms with Crippen molar-refractivity contribution in [2.24, 2.45) is 0 Å². The van der Waals surface area contributed by atoms with Crippen LogP contribution in [0.3, 0.4) is 0 Å². The monoisotopic (exact) mass is 345 g/mol. The average Bonchev–Trinajstić information content (AvgIpc) is 2.62. The smallest absolute Gasteiger partial charge is 0.242 e. The second-order valence-electron chi connectivity index (χ2n) is 6.19. The van der Waals surface area contributed by atoms with Gasteiger partial charge in [-0.2, -0.15) is 0 Å². The summed E-state index contributed by atoms with van der Waals surface area (Å²) in [6.45, 7) is 2.74. The van der Waals surface area contributed by atoms with E-state index in [0.29, 0.717) is 0 Å². The van der Waals surface area contributed by atoms with Crippen molar-refractivity contribution in [2.45, 2.75) is 30.2 Å².